The number of hydrogen-bond acceptors (Lipinski definition) is 6. The van der Waals surface area contributed by atoms with Gasteiger partial charge in [0.1, 0.15) is 5.82 Å². The third-order valence-corrected chi connectivity index (χ3v) is 4.90. The molecule has 3 rings (SSSR count). The first-order valence-electron chi connectivity index (χ1n) is 8.20. The van der Waals surface area contributed by atoms with E-state index < -0.39 is 24.2 Å². The van der Waals surface area contributed by atoms with E-state index in [1.165, 1.54) is 42.5 Å². The molecule has 1 heterocycles. The van der Waals surface area contributed by atoms with Crippen LogP contribution in [0, 0.1) is 16.6 Å². The van der Waals surface area contributed by atoms with Crippen LogP contribution in [0.3, 0.4) is 0 Å². The van der Waals surface area contributed by atoms with Gasteiger partial charge in [0.2, 0.25) is 0 Å². The largest absolute Gasteiger partial charge is 0.464 e. The molecule has 4 N–H and O–H groups in total. The highest BCUT2D eigenvalue weighted by atomic mass is 32.2. The molecule has 0 radical (unpaired) electrons. The maximum absolute atomic E-state index is 13.8. The molecule has 0 aromatic heterocycles. The number of nitrogens with one attached hydrogen (secondary N) is 3. The second-order valence-electron chi connectivity index (χ2n) is 6.04. The minimum atomic E-state index is -4.76. The summed E-state index contributed by atoms with van der Waals surface area (Å²) in [6.45, 7) is -0.588. The number of ether oxygens (including phenoxy) is 1. The Labute approximate surface area is 167 Å². The van der Waals surface area contributed by atoms with Crippen molar-refractivity contribution in [3.05, 3.63) is 70.6 Å². The molecule has 0 bridgehead atoms. The van der Waals surface area contributed by atoms with Gasteiger partial charge in [-0.1, -0.05) is 17.8 Å². The van der Waals surface area contributed by atoms with E-state index >= 15 is 0 Å². The summed E-state index contributed by atoms with van der Waals surface area (Å²) in [7, 11) is 0. The highest BCUT2D eigenvalue weighted by Crippen LogP contribution is 2.61. The fraction of sp³-hybridized carbons (Fsp3) is 0.158. The lowest BCUT2D eigenvalue weighted by atomic mass is 9.95. The Morgan fingerprint density at radius 1 is 1.21 bits per heavy atom. The number of rotatable bonds is 6. The third-order valence-electron chi connectivity index (χ3n) is 4.16. The lowest BCUT2D eigenvalue weighted by molar-refractivity contribution is -0.186. The lowest BCUT2D eigenvalue weighted by Gasteiger charge is -2.17. The van der Waals surface area contributed by atoms with Gasteiger partial charge in [0.05, 0.1) is 11.7 Å². The summed E-state index contributed by atoms with van der Waals surface area (Å²) < 4.78 is 59.3. The van der Waals surface area contributed by atoms with E-state index in [0.29, 0.717) is 23.1 Å². The minimum absolute atomic E-state index is 0.182. The van der Waals surface area contributed by atoms with Gasteiger partial charge >= 0.3 is 6.18 Å². The van der Waals surface area contributed by atoms with Crippen LogP contribution in [-0.2, 0) is 10.3 Å². The number of anilines is 2. The van der Waals surface area contributed by atoms with E-state index in [4.69, 9.17) is 20.7 Å². The van der Waals surface area contributed by atoms with Crippen molar-refractivity contribution >= 4 is 34.4 Å². The molecule has 5 nitrogen and oxygen atoms in total. The van der Waals surface area contributed by atoms with Gasteiger partial charge in [0.25, 0.3) is 5.60 Å². The summed E-state index contributed by atoms with van der Waals surface area (Å²) in [6.07, 6.45) is -3.85. The second kappa shape index (κ2) is 7.88. The number of halogens is 4. The number of epoxide rings is 1. The summed E-state index contributed by atoms with van der Waals surface area (Å²) in [4.78, 5) is 0. The fourth-order valence-corrected chi connectivity index (χ4v) is 3.21. The zero-order valence-corrected chi connectivity index (χ0v) is 15.5. The molecule has 1 aliphatic heterocycles. The maximum Gasteiger partial charge on any atom is 0.440 e. The Morgan fingerprint density at radius 3 is 2.48 bits per heavy atom. The molecule has 2 aromatic carbocycles. The van der Waals surface area contributed by atoms with Crippen LogP contribution in [0.1, 0.15) is 11.1 Å². The number of aliphatic hydroxyl groups excluding tert-OH is 1. The zero-order valence-electron chi connectivity index (χ0n) is 14.7. The summed E-state index contributed by atoms with van der Waals surface area (Å²) in [5.41, 5.74) is -1.80. The molecule has 1 atom stereocenters. The number of alkyl halides is 3. The normalized spacial score (nSPS) is 19.6. The Kier molecular flexibility index (Phi) is 5.67. The molecule has 1 aliphatic rings. The molecular formula is C19H15F4N3O2S. The highest BCUT2D eigenvalue weighted by molar-refractivity contribution is 8.16. The van der Waals surface area contributed by atoms with Crippen LogP contribution >= 0.6 is 11.8 Å². The van der Waals surface area contributed by atoms with Crippen LogP contribution in [0.5, 0.6) is 0 Å². The molecule has 1 saturated heterocycles. The Balaban J connectivity index is 1.93. The van der Waals surface area contributed by atoms with E-state index in [-0.39, 0.29) is 21.9 Å². The van der Waals surface area contributed by atoms with Crippen LogP contribution in [0.4, 0.5) is 28.9 Å². The standard InChI is InChI=1S/C19H15F4N3O2S/c20-13-2-4-14(5-3-13)26-15-6-1-12(7-11(15)8-24)18(19(21,22)23)16(28-18)10-29-17(25)9-27/h1-8,10,24-27H,9H2/b16-10+,24-8?,25-17?. The smallest absolute Gasteiger partial charge is 0.440 e. The van der Waals surface area contributed by atoms with Gasteiger partial charge in [-0.25, -0.2) is 4.39 Å². The van der Waals surface area contributed by atoms with Crippen molar-refractivity contribution in [1.29, 1.82) is 10.8 Å². The van der Waals surface area contributed by atoms with Gasteiger partial charge in [-0.15, -0.1) is 0 Å². The van der Waals surface area contributed by atoms with E-state index in [1.54, 1.807) is 0 Å². The van der Waals surface area contributed by atoms with Crippen LogP contribution in [0.2, 0.25) is 0 Å². The van der Waals surface area contributed by atoms with Crippen molar-refractivity contribution in [2.45, 2.75) is 11.8 Å². The number of thioether (sulfide) groups is 1. The summed E-state index contributed by atoms with van der Waals surface area (Å²) in [6, 6.07) is 9.20. The Hall–Kier alpha value is -2.85. The van der Waals surface area contributed by atoms with Crippen LogP contribution in [0.15, 0.2) is 53.6 Å². The van der Waals surface area contributed by atoms with Crippen LogP contribution < -0.4 is 5.32 Å². The third kappa shape index (κ3) is 4.13. The topological polar surface area (TPSA) is 92.5 Å². The monoisotopic (exact) mass is 425 g/mol. The summed E-state index contributed by atoms with van der Waals surface area (Å²) in [5, 5.41) is 27.5. The Bertz CT molecular complexity index is 976. The quantitative estimate of drug-likeness (QED) is 0.229. The number of benzene rings is 2. The summed E-state index contributed by atoms with van der Waals surface area (Å²) in [5.74, 6) is -0.814. The Morgan fingerprint density at radius 2 is 1.90 bits per heavy atom. The molecule has 0 spiro atoms. The summed E-state index contributed by atoms with van der Waals surface area (Å²) >= 11 is 0.635. The van der Waals surface area contributed by atoms with Crippen molar-refractivity contribution in [1.82, 2.24) is 0 Å². The molecule has 10 heteroatoms. The van der Waals surface area contributed by atoms with Crippen molar-refractivity contribution in [3.63, 3.8) is 0 Å². The van der Waals surface area contributed by atoms with Crippen molar-refractivity contribution in [2.75, 3.05) is 11.9 Å². The van der Waals surface area contributed by atoms with Crippen molar-refractivity contribution in [2.24, 2.45) is 0 Å². The van der Waals surface area contributed by atoms with Gasteiger partial charge in [-0.2, -0.15) is 13.2 Å². The predicted octanol–water partition coefficient (Wildman–Crippen LogP) is 4.90. The first kappa shape index (κ1) is 20.9. The first-order chi connectivity index (χ1) is 13.7. The highest BCUT2D eigenvalue weighted by Gasteiger charge is 2.73. The maximum atomic E-state index is 13.8. The molecule has 1 unspecified atom stereocenters. The van der Waals surface area contributed by atoms with Gasteiger partial charge in [-0.3, -0.25) is 5.41 Å². The first-order valence-corrected chi connectivity index (χ1v) is 9.08. The van der Waals surface area contributed by atoms with Gasteiger partial charge < -0.3 is 20.6 Å². The second-order valence-corrected chi connectivity index (χ2v) is 7.00. The van der Waals surface area contributed by atoms with E-state index in [2.05, 4.69) is 5.32 Å². The molecule has 2 aromatic rings. The molecule has 152 valence electrons. The molecule has 1 fully saturated rings. The molecule has 29 heavy (non-hydrogen) atoms. The zero-order chi connectivity index (χ0) is 21.2. The molecule has 0 aliphatic carbocycles. The molecule has 0 saturated carbocycles. The fourth-order valence-electron chi connectivity index (χ4n) is 2.67. The van der Waals surface area contributed by atoms with E-state index in [1.807, 2.05) is 0 Å². The number of hydrogen-bond donors (Lipinski definition) is 4. The SMILES string of the molecule is N=Cc1cc(C2(C(F)(F)F)O/C2=C/SC(=N)CO)ccc1Nc1ccc(F)cc1. The number of aliphatic hydroxyl groups is 1. The average Bonchev–Trinajstić information content (AvgIpc) is 3.44. The average molecular weight is 425 g/mol. The molecular weight excluding hydrogens is 410 g/mol. The van der Waals surface area contributed by atoms with Crippen LogP contribution in [-0.4, -0.2) is 29.1 Å². The van der Waals surface area contributed by atoms with Gasteiger partial charge in [0, 0.05) is 34.1 Å². The van der Waals surface area contributed by atoms with Crippen molar-refractivity contribution in [3.8, 4) is 0 Å². The van der Waals surface area contributed by atoms with Gasteiger partial charge in [-0.05, 0) is 36.4 Å². The van der Waals surface area contributed by atoms with Crippen molar-refractivity contribution < 1.29 is 27.4 Å². The minimum Gasteiger partial charge on any atom is -0.464 e. The van der Waals surface area contributed by atoms with Crippen LogP contribution in [0.25, 0.3) is 0 Å². The molecule has 0 amide bonds. The van der Waals surface area contributed by atoms with E-state index in [0.717, 1.165) is 11.6 Å². The lowest BCUT2D eigenvalue weighted by Crippen LogP contribution is -2.30. The van der Waals surface area contributed by atoms with Gasteiger partial charge in [0.15, 0.2) is 5.76 Å². The van der Waals surface area contributed by atoms with E-state index in [9.17, 15) is 17.6 Å². The predicted molar refractivity (Wildman–Crippen MR) is 103 cm³/mol.